The fourth-order valence-electron chi connectivity index (χ4n) is 1.08. The van der Waals surface area contributed by atoms with Crippen molar-refractivity contribution in [3.8, 4) is 0 Å². The van der Waals surface area contributed by atoms with Gasteiger partial charge in [0.25, 0.3) is 0 Å². The summed E-state index contributed by atoms with van der Waals surface area (Å²) in [4.78, 5) is 12.0. The summed E-state index contributed by atoms with van der Waals surface area (Å²) in [5.74, 6) is -0.394. The Balaban J connectivity index is 0. The minimum absolute atomic E-state index is 0.394. The van der Waals surface area contributed by atoms with Crippen LogP contribution < -0.4 is 0 Å². The fourth-order valence-corrected chi connectivity index (χ4v) is 1.47. The lowest BCUT2D eigenvalue weighted by atomic mass is 10.3. The summed E-state index contributed by atoms with van der Waals surface area (Å²) in [5, 5.41) is 0. The van der Waals surface area contributed by atoms with Gasteiger partial charge in [-0.2, -0.15) is 0 Å². The second kappa shape index (κ2) is 14.5. The number of carbonyl (C=O) groups excluding carboxylic acids is 1. The predicted molar refractivity (Wildman–Crippen MR) is 85.2 cm³/mol. The molecule has 0 heterocycles. The Bertz CT molecular complexity index is 237. The van der Waals surface area contributed by atoms with Crippen LogP contribution in [0.2, 0.25) is 0 Å². The summed E-state index contributed by atoms with van der Waals surface area (Å²) < 4.78 is 4.89. The summed E-state index contributed by atoms with van der Waals surface area (Å²) in [6.07, 6.45) is 5.98. The molecule has 0 atom stereocenters. The molecule has 0 bridgehead atoms. The molecule has 0 aromatic heterocycles. The molecule has 0 aromatic carbocycles. The van der Waals surface area contributed by atoms with E-state index in [1.54, 1.807) is 0 Å². The van der Waals surface area contributed by atoms with Gasteiger partial charge in [-0.25, -0.2) is 4.79 Å². The molecule has 0 N–H and O–H groups in total. The van der Waals surface area contributed by atoms with Gasteiger partial charge in [-0.15, -0.1) is 12.6 Å². The van der Waals surface area contributed by atoms with Gasteiger partial charge in [-0.3, -0.25) is 0 Å². The number of unbranched alkanes of at least 4 members (excludes halogenated alkanes) is 2. The van der Waals surface area contributed by atoms with Crippen LogP contribution in [0.3, 0.4) is 0 Å². The van der Waals surface area contributed by atoms with Gasteiger partial charge in [0.15, 0.2) is 0 Å². The Hall–Kier alpha value is -0.550. The van der Waals surface area contributed by atoms with Crippen LogP contribution >= 0.6 is 24.8 Å². The summed E-state index contributed by atoms with van der Waals surface area (Å²) in [7, 11) is 1.31. The van der Waals surface area contributed by atoms with Crippen LogP contribution in [0.25, 0.3) is 0 Å². The van der Waals surface area contributed by atoms with Crippen LogP contribution in [0.5, 0.6) is 0 Å². The van der Waals surface area contributed by atoms with Crippen LogP contribution in [0.15, 0.2) is 12.7 Å². The van der Waals surface area contributed by atoms with Crippen molar-refractivity contribution in [3.05, 3.63) is 12.7 Å². The number of methoxy groups -OCH3 is 1. The first-order chi connectivity index (χ1) is 8.53. The molecule has 0 rings (SSSR count). The summed E-state index contributed by atoms with van der Waals surface area (Å²) in [6, 6.07) is 0. The van der Waals surface area contributed by atoms with Crippen LogP contribution in [0.4, 0.5) is 0 Å². The first kappa shape index (κ1) is 19.8. The molecule has 0 amide bonds. The lowest BCUT2D eigenvalue weighted by molar-refractivity contribution is -0.134. The normalized spacial score (nSPS) is 8.89. The molecule has 0 aliphatic carbocycles. The molecule has 5 heteroatoms. The Kier molecular flexibility index (Phi) is 15.9. The zero-order valence-corrected chi connectivity index (χ0v) is 13.4. The Morgan fingerprint density at radius 1 is 1.33 bits per heavy atom. The predicted octanol–water partition coefficient (Wildman–Crippen LogP) is 3.45. The summed E-state index contributed by atoms with van der Waals surface area (Å²) in [5.41, 5.74) is 0. The minimum Gasteiger partial charge on any atom is -0.466 e. The molecule has 0 unspecified atom stereocenters. The van der Waals surface area contributed by atoms with E-state index in [1.165, 1.54) is 32.8 Å². The highest BCUT2D eigenvalue weighted by molar-refractivity contribution is 8.10. The molecule has 0 aromatic rings. The number of thiocarbonyl (C=S) groups is 1. The zero-order chi connectivity index (χ0) is 14.4. The van der Waals surface area contributed by atoms with E-state index in [4.69, 9.17) is 12.2 Å². The average molecular weight is 291 g/mol. The van der Waals surface area contributed by atoms with E-state index in [-0.39, 0.29) is 0 Å². The Morgan fingerprint density at radius 3 is 1.94 bits per heavy atom. The topological polar surface area (TPSA) is 29.5 Å². The van der Waals surface area contributed by atoms with Crippen LogP contribution in [0.1, 0.15) is 39.5 Å². The Labute approximate surface area is 122 Å². The lowest BCUT2D eigenvalue weighted by Crippen LogP contribution is -2.28. The summed E-state index contributed by atoms with van der Waals surface area (Å²) >= 11 is 9.23. The van der Waals surface area contributed by atoms with Crippen molar-refractivity contribution < 1.29 is 9.53 Å². The molecule has 0 aliphatic heterocycles. The first-order valence-electron chi connectivity index (χ1n) is 6.21. The number of ether oxygens (including phenoxy) is 1. The van der Waals surface area contributed by atoms with E-state index in [2.05, 4.69) is 42.7 Å². The molecule has 0 saturated carbocycles. The monoisotopic (exact) mass is 291 g/mol. The Morgan fingerprint density at radius 2 is 1.78 bits per heavy atom. The smallest absolute Gasteiger partial charge is 0.329 e. The van der Waals surface area contributed by atoms with E-state index in [9.17, 15) is 4.79 Å². The van der Waals surface area contributed by atoms with Gasteiger partial charge in [0, 0.05) is 19.2 Å². The van der Waals surface area contributed by atoms with Gasteiger partial charge in [0.1, 0.15) is 4.32 Å². The molecule has 18 heavy (non-hydrogen) atoms. The summed E-state index contributed by atoms with van der Waals surface area (Å²) in [6.45, 7) is 9.68. The number of hydrogen-bond acceptors (Lipinski definition) is 3. The highest BCUT2D eigenvalue weighted by Gasteiger charge is 2.03. The number of carbonyl (C=O) groups is 1. The molecular formula is C13H25NO2S2. The largest absolute Gasteiger partial charge is 0.466 e. The van der Waals surface area contributed by atoms with Crippen molar-refractivity contribution in [2.24, 2.45) is 0 Å². The number of nitrogens with zero attached hydrogens (tertiary/aromatic N) is 1. The second-order valence-electron chi connectivity index (χ2n) is 3.70. The van der Waals surface area contributed by atoms with Gasteiger partial charge >= 0.3 is 5.97 Å². The second-order valence-corrected chi connectivity index (χ2v) is 4.82. The molecule has 106 valence electrons. The number of rotatable bonds is 7. The van der Waals surface area contributed by atoms with Crippen LogP contribution in [0, 0.1) is 0 Å². The van der Waals surface area contributed by atoms with E-state index in [0.717, 1.165) is 23.5 Å². The molecule has 0 aliphatic rings. The first-order valence-corrected chi connectivity index (χ1v) is 7.07. The quantitative estimate of drug-likeness (QED) is 0.337. The molecule has 0 saturated heterocycles. The van der Waals surface area contributed by atoms with E-state index in [0.29, 0.717) is 0 Å². The van der Waals surface area contributed by atoms with Gasteiger partial charge in [-0.1, -0.05) is 45.5 Å². The van der Waals surface area contributed by atoms with Crippen LogP contribution in [-0.2, 0) is 9.53 Å². The number of hydrogen-bond donors (Lipinski definition) is 1. The number of thiol groups is 1. The third-order valence-electron chi connectivity index (χ3n) is 2.20. The van der Waals surface area contributed by atoms with E-state index >= 15 is 0 Å². The van der Waals surface area contributed by atoms with Gasteiger partial charge in [-0.05, 0) is 12.8 Å². The minimum atomic E-state index is -0.394. The van der Waals surface area contributed by atoms with Gasteiger partial charge < -0.3 is 9.64 Å². The van der Waals surface area contributed by atoms with Crippen molar-refractivity contribution in [2.45, 2.75) is 39.5 Å². The van der Waals surface area contributed by atoms with Crippen molar-refractivity contribution in [1.82, 2.24) is 4.90 Å². The highest BCUT2D eigenvalue weighted by Crippen LogP contribution is 2.02. The van der Waals surface area contributed by atoms with Crippen molar-refractivity contribution >= 4 is 35.1 Å². The third kappa shape index (κ3) is 13.5. The van der Waals surface area contributed by atoms with E-state index in [1.807, 2.05) is 0 Å². The zero-order valence-electron chi connectivity index (χ0n) is 11.6. The maximum Gasteiger partial charge on any atom is 0.329 e. The molecule has 0 fully saturated rings. The fraction of sp³-hybridized carbons (Fsp3) is 0.692. The van der Waals surface area contributed by atoms with Gasteiger partial charge in [0.05, 0.1) is 7.11 Å². The standard InChI is InChI=1S/C9H19NS2.C4H6O2/c1-3-5-7-10(9(11)12)8-6-4-2;1-3-4(5)6-2/h3-8H2,1-2H3,(H,11,12);3H,1H2,2H3. The van der Waals surface area contributed by atoms with Crippen molar-refractivity contribution in [3.63, 3.8) is 0 Å². The third-order valence-corrected chi connectivity index (χ3v) is 2.74. The number of esters is 1. The van der Waals surface area contributed by atoms with Gasteiger partial charge in [0.2, 0.25) is 0 Å². The highest BCUT2D eigenvalue weighted by atomic mass is 32.1. The molecule has 3 nitrogen and oxygen atoms in total. The average Bonchev–Trinajstić information content (AvgIpc) is 2.38. The lowest BCUT2D eigenvalue weighted by Gasteiger charge is -2.21. The maximum absolute atomic E-state index is 9.84. The van der Waals surface area contributed by atoms with Crippen molar-refractivity contribution in [1.29, 1.82) is 0 Å². The van der Waals surface area contributed by atoms with E-state index < -0.39 is 5.97 Å². The maximum atomic E-state index is 9.84. The SMILES string of the molecule is C=CC(=O)OC.CCCCN(CCCC)C(=S)S. The van der Waals surface area contributed by atoms with Crippen molar-refractivity contribution in [2.75, 3.05) is 20.2 Å². The van der Waals surface area contributed by atoms with Crippen LogP contribution in [-0.4, -0.2) is 35.4 Å². The molecule has 0 radical (unpaired) electrons. The molecular weight excluding hydrogens is 266 g/mol. The molecule has 0 spiro atoms.